The van der Waals surface area contributed by atoms with Gasteiger partial charge in [0.15, 0.2) is 0 Å². The second-order valence-corrected chi connectivity index (χ2v) is 6.86. The zero-order chi connectivity index (χ0) is 20.4. The number of rotatable bonds is 5. The molecule has 0 fully saturated rings. The minimum absolute atomic E-state index is 0. The second-order valence-electron chi connectivity index (χ2n) is 6.86. The molecule has 0 spiro atoms. The highest BCUT2D eigenvalue weighted by Crippen LogP contribution is 2.27. The summed E-state index contributed by atoms with van der Waals surface area (Å²) < 4.78 is 24.3. The number of hydrogen-bond donors (Lipinski definition) is 1. The topological polar surface area (TPSA) is 82.5 Å². The number of hydrogen-bond acceptors (Lipinski definition) is 5. The molecule has 1 aromatic heterocycles. The van der Waals surface area contributed by atoms with Gasteiger partial charge in [0.2, 0.25) is 5.43 Å². The molecule has 5 nitrogen and oxygen atoms in total. The number of carbonyl (C=O) groups excluding carboxylic acids is 1. The summed E-state index contributed by atoms with van der Waals surface area (Å²) in [6.07, 6.45) is 0.758. The van der Waals surface area contributed by atoms with Crippen molar-refractivity contribution in [2.45, 2.75) is 33.2 Å². The quantitative estimate of drug-likeness (QED) is 0.497. The third kappa shape index (κ3) is 4.66. The lowest BCUT2D eigenvalue weighted by molar-refractivity contribution is -0.137. The molecule has 29 heavy (non-hydrogen) atoms. The predicted octanol–water partition coefficient (Wildman–Crippen LogP) is 1.19. The average molecular weight is 419 g/mol. The molecule has 2 N–H and O–H groups in total. The Kier molecular flexibility index (Phi) is 7.16. The Morgan fingerprint density at radius 3 is 2.48 bits per heavy atom. The number of ether oxygens (including phenoxy) is 1. The Morgan fingerprint density at radius 1 is 1.21 bits per heavy atom. The van der Waals surface area contributed by atoms with Crippen molar-refractivity contribution in [1.82, 2.24) is 0 Å². The van der Waals surface area contributed by atoms with Gasteiger partial charge in [0.05, 0.1) is 10.9 Å². The summed E-state index contributed by atoms with van der Waals surface area (Å²) in [4.78, 5) is 25.1. The van der Waals surface area contributed by atoms with Crippen molar-refractivity contribution in [2.24, 2.45) is 11.7 Å². The molecule has 2 atom stereocenters. The molecule has 0 aliphatic heterocycles. The molecule has 3 rings (SSSR count). The van der Waals surface area contributed by atoms with E-state index in [-0.39, 0.29) is 35.3 Å². The van der Waals surface area contributed by atoms with Crippen LogP contribution in [0.15, 0.2) is 51.7 Å². The van der Waals surface area contributed by atoms with Gasteiger partial charge < -0.3 is 27.3 Å². The molecule has 0 saturated heterocycles. The number of carbonyl (C=O) groups is 1. The predicted molar refractivity (Wildman–Crippen MR) is 106 cm³/mol. The first-order chi connectivity index (χ1) is 13.3. The number of benzene rings is 2. The van der Waals surface area contributed by atoms with Crippen molar-refractivity contribution in [3.05, 3.63) is 64.3 Å². The minimum Gasteiger partial charge on any atom is -1.00 e. The number of esters is 1. The van der Waals surface area contributed by atoms with E-state index < -0.39 is 12.0 Å². The van der Waals surface area contributed by atoms with E-state index in [9.17, 15) is 14.0 Å². The molecular formula is C22H22ClFNO4-. The first kappa shape index (κ1) is 22.6. The Hall–Kier alpha value is -2.70. The second kappa shape index (κ2) is 9.20. The summed E-state index contributed by atoms with van der Waals surface area (Å²) in [7, 11) is 0. The maximum Gasteiger partial charge on any atom is 0.328 e. The van der Waals surface area contributed by atoms with Crippen LogP contribution in [-0.2, 0) is 4.79 Å². The van der Waals surface area contributed by atoms with E-state index in [0.29, 0.717) is 27.9 Å². The number of halogens is 2. The van der Waals surface area contributed by atoms with Crippen LogP contribution in [0.4, 0.5) is 4.39 Å². The van der Waals surface area contributed by atoms with Crippen LogP contribution in [0.1, 0.15) is 26.0 Å². The molecule has 0 aliphatic rings. The largest absolute Gasteiger partial charge is 1.00 e. The number of aryl methyl sites for hydroxylation is 1. The molecule has 1 heterocycles. The zero-order valence-corrected chi connectivity index (χ0v) is 17.1. The van der Waals surface area contributed by atoms with Gasteiger partial charge in [-0.05, 0) is 42.7 Å². The van der Waals surface area contributed by atoms with Crippen molar-refractivity contribution in [3.63, 3.8) is 0 Å². The summed E-state index contributed by atoms with van der Waals surface area (Å²) in [5.41, 5.74) is 6.91. The summed E-state index contributed by atoms with van der Waals surface area (Å²) in [6.45, 7) is 5.49. The molecule has 0 aliphatic carbocycles. The monoisotopic (exact) mass is 418 g/mol. The normalized spacial score (nSPS) is 12.9. The van der Waals surface area contributed by atoms with E-state index in [2.05, 4.69) is 0 Å². The highest BCUT2D eigenvalue weighted by Gasteiger charge is 2.22. The van der Waals surface area contributed by atoms with Crippen molar-refractivity contribution in [1.29, 1.82) is 0 Å². The molecule has 154 valence electrons. The van der Waals surface area contributed by atoms with Gasteiger partial charge in [0.1, 0.15) is 29.0 Å². The van der Waals surface area contributed by atoms with E-state index in [4.69, 9.17) is 14.9 Å². The van der Waals surface area contributed by atoms with Crippen LogP contribution < -0.4 is 28.3 Å². The summed E-state index contributed by atoms with van der Waals surface area (Å²) >= 11 is 0. The molecule has 0 radical (unpaired) electrons. The number of fused-ring (bicyclic) bond motifs is 1. The van der Waals surface area contributed by atoms with Crippen LogP contribution in [0.3, 0.4) is 0 Å². The van der Waals surface area contributed by atoms with Gasteiger partial charge in [-0.3, -0.25) is 4.79 Å². The van der Waals surface area contributed by atoms with Crippen LogP contribution >= 0.6 is 0 Å². The van der Waals surface area contributed by atoms with Gasteiger partial charge in [-0.15, -0.1) is 0 Å². The standard InChI is InChI=1S/C22H22FNO4.ClH/c1-4-12(2)20(24)22(26)28-16-9-10-17-18(11-16)27-13(3)19(21(17)25)14-5-7-15(23)8-6-14;/h5-12,20H,4,24H2,1-3H3;1H/p-1. The first-order valence-electron chi connectivity index (χ1n) is 9.12. The van der Waals surface area contributed by atoms with Crippen molar-refractivity contribution in [2.75, 3.05) is 0 Å². The van der Waals surface area contributed by atoms with E-state index in [0.717, 1.165) is 6.42 Å². The van der Waals surface area contributed by atoms with E-state index >= 15 is 0 Å². The lowest BCUT2D eigenvalue weighted by Gasteiger charge is -2.16. The summed E-state index contributed by atoms with van der Waals surface area (Å²) in [5.74, 6) is -0.270. The third-order valence-electron chi connectivity index (χ3n) is 4.92. The lowest BCUT2D eigenvalue weighted by atomic mass is 10.0. The van der Waals surface area contributed by atoms with Gasteiger partial charge in [0, 0.05) is 6.07 Å². The Balaban J connectivity index is 0.00000300. The molecule has 3 aromatic rings. The van der Waals surface area contributed by atoms with E-state index in [1.165, 1.54) is 36.4 Å². The fraction of sp³-hybridized carbons (Fsp3) is 0.273. The van der Waals surface area contributed by atoms with Crippen LogP contribution in [0.25, 0.3) is 22.1 Å². The fourth-order valence-corrected chi connectivity index (χ4v) is 2.97. The van der Waals surface area contributed by atoms with E-state index in [1.54, 1.807) is 13.0 Å². The SMILES string of the molecule is CCC(C)C(N)C(=O)Oc1ccc2c(=O)c(-c3ccc(F)cc3)c(C)oc2c1.[Cl-]. The van der Waals surface area contributed by atoms with Crippen molar-refractivity contribution < 1.29 is 30.7 Å². The van der Waals surface area contributed by atoms with Crippen LogP contribution in [0, 0.1) is 18.7 Å². The van der Waals surface area contributed by atoms with Crippen LogP contribution in [0.2, 0.25) is 0 Å². The third-order valence-corrected chi connectivity index (χ3v) is 4.92. The zero-order valence-electron chi connectivity index (χ0n) is 16.4. The van der Waals surface area contributed by atoms with Crippen molar-refractivity contribution >= 4 is 16.9 Å². The highest BCUT2D eigenvalue weighted by molar-refractivity contribution is 5.85. The van der Waals surface area contributed by atoms with Crippen molar-refractivity contribution in [3.8, 4) is 16.9 Å². The maximum absolute atomic E-state index is 13.2. The summed E-state index contributed by atoms with van der Waals surface area (Å²) in [6, 6.07) is 9.51. The van der Waals surface area contributed by atoms with Crippen LogP contribution in [0.5, 0.6) is 5.75 Å². The van der Waals surface area contributed by atoms with Gasteiger partial charge in [-0.2, -0.15) is 0 Å². The molecule has 2 aromatic carbocycles. The highest BCUT2D eigenvalue weighted by atomic mass is 35.5. The summed E-state index contributed by atoms with van der Waals surface area (Å²) in [5, 5.41) is 0.343. The smallest absolute Gasteiger partial charge is 0.328 e. The molecule has 7 heteroatoms. The van der Waals surface area contributed by atoms with Gasteiger partial charge >= 0.3 is 5.97 Å². The minimum atomic E-state index is -0.727. The molecule has 2 unspecified atom stereocenters. The molecular weight excluding hydrogens is 397 g/mol. The molecule has 0 bridgehead atoms. The lowest BCUT2D eigenvalue weighted by Crippen LogP contribution is -3.00. The van der Waals surface area contributed by atoms with Crippen LogP contribution in [-0.4, -0.2) is 12.0 Å². The van der Waals surface area contributed by atoms with Gasteiger partial charge in [-0.25, -0.2) is 9.18 Å². The first-order valence-corrected chi connectivity index (χ1v) is 9.12. The number of nitrogens with two attached hydrogens (primary N) is 1. The fourth-order valence-electron chi connectivity index (χ4n) is 2.97. The molecule has 0 amide bonds. The average Bonchev–Trinajstić information content (AvgIpc) is 2.67. The Labute approximate surface area is 174 Å². The maximum atomic E-state index is 13.2. The van der Waals surface area contributed by atoms with Gasteiger partial charge in [-0.1, -0.05) is 32.4 Å². The Morgan fingerprint density at radius 2 is 1.86 bits per heavy atom. The Bertz CT molecular complexity index is 1080. The molecule has 0 saturated carbocycles. The van der Waals surface area contributed by atoms with Gasteiger partial charge in [0.25, 0.3) is 0 Å². The van der Waals surface area contributed by atoms with E-state index in [1.807, 2.05) is 13.8 Å².